The zero-order valence-electron chi connectivity index (χ0n) is 51.7. The topological polar surface area (TPSA) is 238 Å². The molecule has 0 aromatic heterocycles. The number of benzene rings is 6. The van der Waals surface area contributed by atoms with Gasteiger partial charge in [0.05, 0.1) is 63.8 Å². The van der Waals surface area contributed by atoms with Crippen molar-refractivity contribution in [2.75, 3.05) is 54.2 Å². The Morgan fingerprint density at radius 1 is 0.573 bits per heavy atom. The first kappa shape index (κ1) is 64.2. The van der Waals surface area contributed by atoms with Crippen molar-refractivity contribution in [1.29, 1.82) is 0 Å². The SMILES string of the molecule is COc1ccc(C(OCC2(COC(=O)CCC(=O)O)CCN(C(=O)CCCCCNC(=O)c3ccc4c(c3)C(=O)OC43c4ccc(OC(=O)C(C)(C)C)cc4Oc4cc(OC(=O)C(C)(C)C)ccc43)CC2)(c2ccc(OC)cc2)c2ccc(OC)cc2)cc1. The van der Waals surface area contributed by atoms with Crippen LogP contribution in [0.1, 0.15) is 147 Å². The van der Waals surface area contributed by atoms with E-state index in [1.165, 1.54) is 6.07 Å². The molecule has 0 unspecified atom stereocenters. The number of nitrogens with zero attached hydrogens (tertiary/aromatic N) is 1. The highest BCUT2D eigenvalue weighted by atomic mass is 16.6. The van der Waals surface area contributed by atoms with Gasteiger partial charge in [0.15, 0.2) is 5.60 Å². The van der Waals surface area contributed by atoms with Crippen LogP contribution in [0.3, 0.4) is 0 Å². The summed E-state index contributed by atoms with van der Waals surface area (Å²) >= 11 is 0. The molecule has 2 amide bonds. The maximum absolute atomic E-state index is 14.1. The van der Waals surface area contributed by atoms with Gasteiger partial charge in [-0.25, -0.2) is 4.79 Å². The van der Waals surface area contributed by atoms with E-state index in [9.17, 15) is 38.7 Å². The molecule has 468 valence electrons. The summed E-state index contributed by atoms with van der Waals surface area (Å²) in [7, 11) is 4.78. The van der Waals surface area contributed by atoms with Crippen LogP contribution < -0.4 is 33.7 Å². The molecule has 89 heavy (non-hydrogen) atoms. The quantitative estimate of drug-likeness (QED) is 0.0262. The van der Waals surface area contributed by atoms with Gasteiger partial charge in [-0.1, -0.05) is 48.9 Å². The second-order valence-corrected chi connectivity index (χ2v) is 24.7. The number of rotatable bonds is 23. The van der Waals surface area contributed by atoms with Gasteiger partial charge in [0.1, 0.15) is 45.8 Å². The number of carboxylic acids is 1. The van der Waals surface area contributed by atoms with Crippen LogP contribution in [0.4, 0.5) is 0 Å². The Kier molecular flexibility index (Phi) is 19.2. The highest BCUT2D eigenvalue weighted by Crippen LogP contribution is 2.57. The van der Waals surface area contributed by atoms with Crippen LogP contribution in [0.25, 0.3) is 0 Å². The van der Waals surface area contributed by atoms with Crippen molar-refractivity contribution in [2.24, 2.45) is 16.2 Å². The Balaban J connectivity index is 0.854. The van der Waals surface area contributed by atoms with Crippen molar-refractivity contribution in [3.05, 3.63) is 172 Å². The first-order valence-electron chi connectivity index (χ1n) is 29.7. The molecule has 6 aromatic rings. The van der Waals surface area contributed by atoms with Crippen molar-refractivity contribution in [3.63, 3.8) is 0 Å². The van der Waals surface area contributed by atoms with E-state index < -0.39 is 63.2 Å². The van der Waals surface area contributed by atoms with E-state index in [0.29, 0.717) is 85.7 Å². The van der Waals surface area contributed by atoms with Gasteiger partial charge in [0.25, 0.3) is 5.91 Å². The summed E-state index contributed by atoms with van der Waals surface area (Å²) in [5.41, 5.74) is -1.15. The molecular weight excluding hydrogens is 1140 g/mol. The van der Waals surface area contributed by atoms with Crippen molar-refractivity contribution < 1.29 is 81.3 Å². The molecular formula is C70H76N2O17. The second kappa shape index (κ2) is 26.6. The number of hydrogen-bond donors (Lipinski definition) is 2. The fraction of sp³-hybridized carbons (Fsp3) is 0.386. The number of unbranched alkanes of at least 4 members (excludes halogenated alkanes) is 2. The number of ether oxygens (including phenoxy) is 9. The minimum atomic E-state index is -1.56. The summed E-state index contributed by atoms with van der Waals surface area (Å²) in [5, 5.41) is 12.3. The van der Waals surface area contributed by atoms with Gasteiger partial charge in [0.2, 0.25) is 5.91 Å². The van der Waals surface area contributed by atoms with Gasteiger partial charge in [-0.05, 0) is 157 Å². The molecule has 0 atom stereocenters. The average Bonchev–Trinajstić information content (AvgIpc) is 1.64. The average molecular weight is 1220 g/mol. The normalized spacial score (nSPS) is 14.6. The number of carbonyl (C=O) groups is 7. The molecule has 3 aliphatic rings. The molecule has 1 fully saturated rings. The number of hydrogen-bond acceptors (Lipinski definition) is 16. The number of piperidine rings is 1. The maximum Gasteiger partial charge on any atom is 0.340 e. The number of likely N-dealkylation sites (tertiary alicyclic amines) is 1. The lowest BCUT2D eigenvalue weighted by atomic mass is 9.77. The minimum Gasteiger partial charge on any atom is -0.497 e. The fourth-order valence-electron chi connectivity index (χ4n) is 11.1. The van der Waals surface area contributed by atoms with E-state index >= 15 is 0 Å². The third kappa shape index (κ3) is 14.1. The minimum absolute atomic E-state index is 0.0440. The zero-order valence-corrected chi connectivity index (χ0v) is 51.7. The second-order valence-electron chi connectivity index (χ2n) is 24.7. The first-order valence-corrected chi connectivity index (χ1v) is 29.7. The molecule has 1 spiro atoms. The molecule has 3 heterocycles. The van der Waals surface area contributed by atoms with Crippen molar-refractivity contribution in [1.82, 2.24) is 10.2 Å². The molecule has 0 radical (unpaired) electrons. The summed E-state index contributed by atoms with van der Waals surface area (Å²) in [6, 6.07) is 37.2. The van der Waals surface area contributed by atoms with Crippen LogP contribution in [0.2, 0.25) is 0 Å². The molecule has 1 saturated heterocycles. The Hall–Kier alpha value is -9.23. The monoisotopic (exact) mass is 1220 g/mol. The lowest BCUT2D eigenvalue weighted by molar-refractivity contribution is -0.157. The third-order valence-corrected chi connectivity index (χ3v) is 16.4. The Morgan fingerprint density at radius 3 is 1.53 bits per heavy atom. The molecule has 3 aliphatic heterocycles. The highest BCUT2D eigenvalue weighted by Gasteiger charge is 2.54. The van der Waals surface area contributed by atoms with Crippen LogP contribution in [0, 0.1) is 16.2 Å². The lowest BCUT2D eigenvalue weighted by Gasteiger charge is -2.44. The predicted molar refractivity (Wildman–Crippen MR) is 327 cm³/mol. The van der Waals surface area contributed by atoms with E-state index in [2.05, 4.69) is 5.32 Å². The molecule has 0 saturated carbocycles. The summed E-state index contributed by atoms with van der Waals surface area (Å²) in [5.74, 6) is -1.05. The van der Waals surface area contributed by atoms with E-state index in [1.54, 1.807) is 116 Å². The Labute approximate surface area is 517 Å². The fourth-order valence-corrected chi connectivity index (χ4v) is 11.1. The van der Waals surface area contributed by atoms with Gasteiger partial charge in [0, 0.05) is 65.9 Å². The number of carbonyl (C=O) groups excluding carboxylic acids is 6. The number of fused-ring (bicyclic) bond motifs is 6. The number of aliphatic carboxylic acids is 1. The summed E-state index contributed by atoms with van der Waals surface area (Å²) in [6.07, 6.45) is 2.14. The summed E-state index contributed by atoms with van der Waals surface area (Å²) < 4.78 is 54.0. The number of esters is 4. The molecule has 19 heteroatoms. The molecule has 2 N–H and O–H groups in total. The summed E-state index contributed by atoms with van der Waals surface area (Å²) in [6.45, 7) is 11.4. The van der Waals surface area contributed by atoms with Crippen molar-refractivity contribution >= 4 is 41.7 Å². The standard InChI is InChI=1S/C70H76N2O17/c1-66(2,3)64(79)86-51-27-30-55-57(40-51)88-58-41-52(87-65(80)67(4,5)6)28-31-56(58)70(55)54-29-14-44(39-53(54)63(78)89-70)62(77)71-36-12-10-11-13-59(73)72-37-34-68(35-38-72,42-84-61(76)33-32-60(74)75)43-85-69(45-15-21-48(81-7)22-16-45,46-17-23-49(82-8)24-18-46)47-19-25-50(83-9)26-20-47/h14-31,39-41H,10-13,32-38,42-43H2,1-9H3,(H,71,77)(H,74,75). The van der Waals surface area contributed by atoms with Crippen LogP contribution in [0.5, 0.6) is 40.2 Å². The van der Waals surface area contributed by atoms with Crippen molar-refractivity contribution in [2.45, 2.75) is 104 Å². The smallest absolute Gasteiger partial charge is 0.340 e. The van der Waals surface area contributed by atoms with Gasteiger partial charge in [-0.15, -0.1) is 0 Å². The van der Waals surface area contributed by atoms with E-state index in [1.807, 2.05) is 72.8 Å². The van der Waals surface area contributed by atoms with Crippen LogP contribution >= 0.6 is 0 Å². The number of methoxy groups -OCH3 is 3. The van der Waals surface area contributed by atoms with Gasteiger partial charge < -0.3 is 58.0 Å². The largest absolute Gasteiger partial charge is 0.497 e. The van der Waals surface area contributed by atoms with Crippen LogP contribution in [-0.4, -0.2) is 106 Å². The zero-order chi connectivity index (χ0) is 63.9. The van der Waals surface area contributed by atoms with Gasteiger partial charge in [-0.2, -0.15) is 0 Å². The van der Waals surface area contributed by atoms with Gasteiger partial charge in [-0.3, -0.25) is 28.8 Å². The number of nitrogens with one attached hydrogen (secondary N) is 1. The lowest BCUT2D eigenvalue weighted by Crippen LogP contribution is -2.49. The third-order valence-electron chi connectivity index (χ3n) is 16.4. The van der Waals surface area contributed by atoms with Crippen LogP contribution in [0.15, 0.2) is 127 Å². The van der Waals surface area contributed by atoms with E-state index in [4.69, 9.17) is 42.6 Å². The molecule has 0 bridgehead atoms. The maximum atomic E-state index is 14.1. The Morgan fingerprint density at radius 2 is 1.06 bits per heavy atom. The number of carboxylic acid groups (broad SMARTS) is 1. The molecule has 19 nitrogen and oxygen atoms in total. The van der Waals surface area contributed by atoms with Crippen LogP contribution in [-0.2, 0) is 49.4 Å². The summed E-state index contributed by atoms with van der Waals surface area (Å²) in [4.78, 5) is 93.8. The molecule has 9 rings (SSSR count). The first-order chi connectivity index (χ1) is 42.4. The van der Waals surface area contributed by atoms with Gasteiger partial charge >= 0.3 is 29.8 Å². The Bertz CT molecular complexity index is 3420. The van der Waals surface area contributed by atoms with E-state index in [0.717, 1.165) is 16.7 Å². The van der Waals surface area contributed by atoms with E-state index in [-0.39, 0.29) is 72.5 Å². The highest BCUT2D eigenvalue weighted by molar-refractivity contribution is 6.02. The molecule has 0 aliphatic carbocycles. The predicted octanol–water partition coefficient (Wildman–Crippen LogP) is 11.5. The molecule has 6 aromatic carbocycles. The van der Waals surface area contributed by atoms with Crippen molar-refractivity contribution in [3.8, 4) is 40.2 Å². The number of amides is 2.